The van der Waals surface area contributed by atoms with Crippen LogP contribution < -0.4 is 19.5 Å². The van der Waals surface area contributed by atoms with Gasteiger partial charge in [-0.2, -0.15) is 0 Å². The fraction of sp³-hybridized carbons (Fsp3) is 0.250. The van der Waals surface area contributed by atoms with E-state index in [0.717, 1.165) is 4.90 Å². The largest absolute Gasteiger partial charge is 0.493 e. The number of benzene rings is 2. The molecule has 1 aliphatic heterocycles. The SMILES string of the molecule is COc1cc(NC(=O)CCN2C(=O)c3ccccc3C2=O)cc(OC)c1OC. The quantitative estimate of drug-likeness (QED) is 0.737. The van der Waals surface area contributed by atoms with Gasteiger partial charge in [0, 0.05) is 30.8 Å². The number of nitrogens with one attached hydrogen (secondary N) is 1. The summed E-state index contributed by atoms with van der Waals surface area (Å²) in [6, 6.07) is 9.80. The van der Waals surface area contributed by atoms with Crippen LogP contribution in [-0.2, 0) is 4.79 Å². The van der Waals surface area contributed by atoms with Crippen molar-refractivity contribution in [2.24, 2.45) is 0 Å². The Labute approximate surface area is 162 Å². The molecule has 1 aliphatic rings. The molecular formula is C20H20N2O6. The van der Waals surface area contributed by atoms with Crippen LogP contribution in [-0.4, -0.2) is 50.5 Å². The Morgan fingerprint density at radius 2 is 1.46 bits per heavy atom. The monoisotopic (exact) mass is 384 g/mol. The average molecular weight is 384 g/mol. The van der Waals surface area contributed by atoms with Crippen LogP contribution in [0.3, 0.4) is 0 Å². The van der Waals surface area contributed by atoms with Gasteiger partial charge in [-0.15, -0.1) is 0 Å². The zero-order valence-corrected chi connectivity index (χ0v) is 15.8. The number of anilines is 1. The summed E-state index contributed by atoms with van der Waals surface area (Å²) in [5, 5.41) is 2.71. The van der Waals surface area contributed by atoms with Crippen LogP contribution in [0.4, 0.5) is 5.69 Å². The van der Waals surface area contributed by atoms with Crippen molar-refractivity contribution >= 4 is 23.4 Å². The molecule has 0 saturated carbocycles. The van der Waals surface area contributed by atoms with E-state index in [-0.39, 0.29) is 30.7 Å². The van der Waals surface area contributed by atoms with Crippen LogP contribution in [0.15, 0.2) is 36.4 Å². The van der Waals surface area contributed by atoms with E-state index >= 15 is 0 Å². The van der Waals surface area contributed by atoms with E-state index in [2.05, 4.69) is 5.32 Å². The molecule has 2 aromatic rings. The van der Waals surface area contributed by atoms with E-state index in [1.165, 1.54) is 21.3 Å². The fourth-order valence-electron chi connectivity index (χ4n) is 3.03. The lowest BCUT2D eigenvalue weighted by molar-refractivity contribution is -0.116. The third-order valence-corrected chi connectivity index (χ3v) is 4.39. The first-order chi connectivity index (χ1) is 13.5. The number of methoxy groups -OCH3 is 3. The molecule has 8 heteroatoms. The molecule has 1 N–H and O–H groups in total. The number of carbonyl (C=O) groups is 3. The normalized spacial score (nSPS) is 12.6. The Hall–Kier alpha value is -3.55. The molecule has 0 atom stereocenters. The summed E-state index contributed by atoms with van der Waals surface area (Å²) in [5.41, 5.74) is 1.16. The van der Waals surface area contributed by atoms with Crippen molar-refractivity contribution in [1.29, 1.82) is 0 Å². The van der Waals surface area contributed by atoms with Gasteiger partial charge < -0.3 is 19.5 Å². The molecule has 146 valence electrons. The van der Waals surface area contributed by atoms with Crippen molar-refractivity contribution in [1.82, 2.24) is 4.90 Å². The van der Waals surface area contributed by atoms with Crippen molar-refractivity contribution < 1.29 is 28.6 Å². The van der Waals surface area contributed by atoms with Crippen LogP contribution in [0.5, 0.6) is 17.2 Å². The minimum atomic E-state index is -0.388. The zero-order valence-electron chi connectivity index (χ0n) is 15.8. The van der Waals surface area contributed by atoms with Crippen molar-refractivity contribution in [3.63, 3.8) is 0 Å². The van der Waals surface area contributed by atoms with Gasteiger partial charge in [-0.3, -0.25) is 19.3 Å². The van der Waals surface area contributed by atoms with Gasteiger partial charge in [-0.25, -0.2) is 0 Å². The molecule has 0 aliphatic carbocycles. The topological polar surface area (TPSA) is 94.2 Å². The predicted octanol–water partition coefficient (Wildman–Crippen LogP) is 2.34. The number of imide groups is 1. The van der Waals surface area contributed by atoms with Gasteiger partial charge in [0.25, 0.3) is 11.8 Å². The van der Waals surface area contributed by atoms with E-state index in [9.17, 15) is 14.4 Å². The first-order valence-electron chi connectivity index (χ1n) is 8.55. The van der Waals surface area contributed by atoms with Gasteiger partial charge in [0.2, 0.25) is 11.7 Å². The smallest absolute Gasteiger partial charge is 0.261 e. The number of amides is 3. The van der Waals surface area contributed by atoms with E-state index in [1.807, 2.05) is 0 Å². The van der Waals surface area contributed by atoms with Crippen LogP contribution in [0.2, 0.25) is 0 Å². The highest BCUT2D eigenvalue weighted by molar-refractivity contribution is 6.21. The molecule has 8 nitrogen and oxygen atoms in total. The maximum atomic E-state index is 12.3. The Kier molecular flexibility index (Phi) is 5.49. The van der Waals surface area contributed by atoms with Gasteiger partial charge >= 0.3 is 0 Å². The summed E-state index contributed by atoms with van der Waals surface area (Å²) in [7, 11) is 4.44. The van der Waals surface area contributed by atoms with Gasteiger partial charge in [-0.05, 0) is 12.1 Å². The summed E-state index contributed by atoms with van der Waals surface area (Å²) in [6.45, 7) is -0.0113. The van der Waals surface area contributed by atoms with Crippen LogP contribution in [0, 0.1) is 0 Å². The highest BCUT2D eigenvalue weighted by Gasteiger charge is 2.34. The number of hydrogen-bond acceptors (Lipinski definition) is 6. The highest BCUT2D eigenvalue weighted by atomic mass is 16.5. The molecule has 28 heavy (non-hydrogen) atoms. The van der Waals surface area contributed by atoms with E-state index in [4.69, 9.17) is 14.2 Å². The third kappa shape index (κ3) is 3.48. The van der Waals surface area contributed by atoms with Gasteiger partial charge in [-0.1, -0.05) is 12.1 Å². The van der Waals surface area contributed by atoms with Crippen molar-refractivity contribution in [2.45, 2.75) is 6.42 Å². The highest BCUT2D eigenvalue weighted by Crippen LogP contribution is 2.39. The van der Waals surface area contributed by atoms with Crippen LogP contribution in [0.25, 0.3) is 0 Å². The van der Waals surface area contributed by atoms with E-state index < -0.39 is 0 Å². The molecule has 0 fully saturated rings. The molecule has 3 amide bonds. The molecule has 1 heterocycles. The van der Waals surface area contributed by atoms with E-state index in [0.29, 0.717) is 34.1 Å². The molecule has 0 bridgehead atoms. The van der Waals surface area contributed by atoms with Gasteiger partial charge in [0.15, 0.2) is 11.5 Å². The van der Waals surface area contributed by atoms with Crippen LogP contribution >= 0.6 is 0 Å². The molecule has 0 aromatic heterocycles. The second kappa shape index (κ2) is 7.99. The lowest BCUT2D eigenvalue weighted by Crippen LogP contribution is -2.32. The van der Waals surface area contributed by atoms with Crippen LogP contribution in [0.1, 0.15) is 27.1 Å². The second-order valence-corrected chi connectivity index (χ2v) is 6.02. The van der Waals surface area contributed by atoms with Gasteiger partial charge in [0.05, 0.1) is 32.5 Å². The molecule has 3 rings (SSSR count). The van der Waals surface area contributed by atoms with Crippen molar-refractivity contribution in [3.05, 3.63) is 47.5 Å². The number of fused-ring (bicyclic) bond motifs is 1. The van der Waals surface area contributed by atoms with Gasteiger partial charge in [0.1, 0.15) is 0 Å². The Bertz CT molecular complexity index is 880. The third-order valence-electron chi connectivity index (χ3n) is 4.39. The van der Waals surface area contributed by atoms with Crippen molar-refractivity contribution in [3.8, 4) is 17.2 Å². The van der Waals surface area contributed by atoms with Crippen molar-refractivity contribution in [2.75, 3.05) is 33.2 Å². The first kappa shape index (κ1) is 19.2. The standard InChI is InChI=1S/C20H20N2O6/c1-26-15-10-12(11-16(27-2)18(15)28-3)21-17(23)8-9-22-19(24)13-6-4-5-7-14(13)20(22)25/h4-7,10-11H,8-9H2,1-3H3,(H,21,23). The number of carbonyl (C=O) groups excluding carboxylic acids is 3. The number of nitrogens with zero attached hydrogens (tertiary/aromatic N) is 1. The lowest BCUT2D eigenvalue weighted by Gasteiger charge is -2.16. The molecule has 0 radical (unpaired) electrons. The minimum absolute atomic E-state index is 0.0113. The molecule has 0 saturated heterocycles. The number of hydrogen-bond donors (Lipinski definition) is 1. The fourth-order valence-corrected chi connectivity index (χ4v) is 3.03. The molecule has 2 aromatic carbocycles. The number of rotatable bonds is 7. The zero-order chi connectivity index (χ0) is 20.3. The second-order valence-electron chi connectivity index (χ2n) is 6.02. The summed E-state index contributed by atoms with van der Waals surface area (Å²) >= 11 is 0. The summed E-state index contributed by atoms with van der Waals surface area (Å²) in [4.78, 5) is 38.1. The van der Waals surface area contributed by atoms with E-state index in [1.54, 1.807) is 36.4 Å². The lowest BCUT2D eigenvalue weighted by atomic mass is 10.1. The summed E-state index contributed by atoms with van der Waals surface area (Å²) < 4.78 is 15.7. The average Bonchev–Trinajstić information content (AvgIpc) is 2.96. The maximum Gasteiger partial charge on any atom is 0.261 e. The molecule has 0 unspecified atom stereocenters. The first-order valence-corrected chi connectivity index (χ1v) is 8.55. The Morgan fingerprint density at radius 3 is 1.93 bits per heavy atom. The Morgan fingerprint density at radius 1 is 0.929 bits per heavy atom. The minimum Gasteiger partial charge on any atom is -0.493 e. The summed E-state index contributed by atoms with van der Waals surface area (Å²) in [6.07, 6.45) is -0.0396. The predicted molar refractivity (Wildman–Crippen MR) is 101 cm³/mol. The molecular weight excluding hydrogens is 364 g/mol. The Balaban J connectivity index is 1.67. The summed E-state index contributed by atoms with van der Waals surface area (Å²) in [5.74, 6) is 0.0808. The maximum absolute atomic E-state index is 12.3. The number of ether oxygens (including phenoxy) is 3. The molecule has 0 spiro atoms.